The van der Waals surface area contributed by atoms with Gasteiger partial charge in [-0.3, -0.25) is 9.69 Å². The van der Waals surface area contributed by atoms with Crippen LogP contribution in [-0.2, 0) is 4.79 Å². The second kappa shape index (κ2) is 6.60. The van der Waals surface area contributed by atoms with Crippen molar-refractivity contribution in [3.8, 4) is 0 Å². The monoisotopic (exact) mass is 342 g/mol. The minimum Gasteiger partial charge on any atom is -0.290 e. The number of aliphatic imine (C=N–C) groups is 1. The lowest BCUT2D eigenvalue weighted by molar-refractivity contribution is -0.121. The van der Waals surface area contributed by atoms with Gasteiger partial charge in [-0.2, -0.15) is 0 Å². The second-order valence-corrected chi connectivity index (χ2v) is 6.70. The first-order valence-electron chi connectivity index (χ1n) is 7.11. The molecule has 1 aliphatic heterocycles. The van der Waals surface area contributed by atoms with E-state index in [4.69, 9.17) is 11.6 Å². The lowest BCUT2D eigenvalue weighted by atomic mass is 10.1. The Morgan fingerprint density at radius 2 is 1.74 bits per heavy atom. The van der Waals surface area contributed by atoms with Gasteiger partial charge in [-0.15, -0.1) is 0 Å². The van der Waals surface area contributed by atoms with Crippen LogP contribution in [0.3, 0.4) is 0 Å². The number of halogens is 1. The molecule has 1 saturated heterocycles. The Morgan fingerprint density at radius 3 is 2.39 bits per heavy atom. The van der Waals surface area contributed by atoms with Crippen molar-refractivity contribution in [2.24, 2.45) is 4.99 Å². The van der Waals surface area contributed by atoms with E-state index in [0.717, 1.165) is 11.3 Å². The third-order valence-corrected chi connectivity index (χ3v) is 4.74. The summed E-state index contributed by atoms with van der Waals surface area (Å²) in [5, 5.41) is 1.33. The molecule has 3 nitrogen and oxygen atoms in total. The molecule has 0 radical (unpaired) electrons. The van der Waals surface area contributed by atoms with Crippen LogP contribution >= 0.6 is 23.4 Å². The fourth-order valence-corrected chi connectivity index (χ4v) is 3.20. The SMILES string of the molecule is Cc1ccc(/C=C2/SC(=Nc3ccc(Cl)cc3)N(C)C2=O)cc1. The van der Waals surface area contributed by atoms with Crippen LogP contribution in [0.15, 0.2) is 58.4 Å². The van der Waals surface area contributed by atoms with Gasteiger partial charge in [0.15, 0.2) is 5.17 Å². The van der Waals surface area contributed by atoms with E-state index in [-0.39, 0.29) is 5.91 Å². The first kappa shape index (κ1) is 15.8. The molecule has 0 aromatic heterocycles. The van der Waals surface area contributed by atoms with Crippen molar-refractivity contribution in [1.29, 1.82) is 0 Å². The van der Waals surface area contributed by atoms with E-state index in [1.807, 2.05) is 49.4 Å². The zero-order valence-electron chi connectivity index (χ0n) is 12.8. The van der Waals surface area contributed by atoms with Crippen LogP contribution in [0.5, 0.6) is 0 Å². The molecular formula is C18H15ClN2OS. The average Bonchev–Trinajstić information content (AvgIpc) is 2.80. The number of hydrogen-bond donors (Lipinski definition) is 0. The van der Waals surface area contributed by atoms with Crippen molar-refractivity contribution >= 4 is 46.2 Å². The summed E-state index contributed by atoms with van der Waals surface area (Å²) >= 11 is 7.26. The Bertz CT molecular complexity index is 795. The van der Waals surface area contributed by atoms with Gasteiger partial charge in [0.2, 0.25) is 0 Å². The Morgan fingerprint density at radius 1 is 1.09 bits per heavy atom. The number of benzene rings is 2. The summed E-state index contributed by atoms with van der Waals surface area (Å²) in [6, 6.07) is 15.3. The standard InChI is InChI=1S/C18H15ClN2OS/c1-12-3-5-13(6-4-12)11-16-17(22)21(2)18(23-16)20-15-9-7-14(19)8-10-15/h3-11H,1-2H3/b16-11+,20-18?. The van der Waals surface area contributed by atoms with E-state index in [0.29, 0.717) is 15.1 Å². The molecule has 2 aromatic carbocycles. The number of carbonyl (C=O) groups excluding carboxylic acids is 1. The zero-order valence-corrected chi connectivity index (χ0v) is 14.4. The molecular weight excluding hydrogens is 328 g/mol. The number of thioether (sulfide) groups is 1. The summed E-state index contributed by atoms with van der Waals surface area (Å²) < 4.78 is 0. The highest BCUT2D eigenvalue weighted by Crippen LogP contribution is 2.33. The fourth-order valence-electron chi connectivity index (χ4n) is 2.09. The van der Waals surface area contributed by atoms with E-state index in [9.17, 15) is 4.79 Å². The van der Waals surface area contributed by atoms with Gasteiger partial charge in [-0.1, -0.05) is 41.4 Å². The summed E-state index contributed by atoms with van der Waals surface area (Å²) in [6.45, 7) is 2.04. The Hall–Kier alpha value is -2.04. The lowest BCUT2D eigenvalue weighted by Gasteiger charge is -2.07. The highest BCUT2D eigenvalue weighted by Gasteiger charge is 2.30. The van der Waals surface area contributed by atoms with Gasteiger partial charge in [-0.25, -0.2) is 4.99 Å². The van der Waals surface area contributed by atoms with Gasteiger partial charge in [0.1, 0.15) is 0 Å². The lowest BCUT2D eigenvalue weighted by Crippen LogP contribution is -2.23. The largest absolute Gasteiger partial charge is 0.290 e. The summed E-state index contributed by atoms with van der Waals surface area (Å²) in [5.74, 6) is -0.0386. The summed E-state index contributed by atoms with van der Waals surface area (Å²) in [6.07, 6.45) is 1.90. The van der Waals surface area contributed by atoms with E-state index < -0.39 is 0 Å². The fraction of sp³-hybridized carbons (Fsp3) is 0.111. The van der Waals surface area contributed by atoms with Crippen LogP contribution in [0.2, 0.25) is 5.02 Å². The number of aryl methyl sites for hydroxylation is 1. The summed E-state index contributed by atoms with van der Waals surface area (Å²) in [7, 11) is 1.74. The molecule has 0 N–H and O–H groups in total. The summed E-state index contributed by atoms with van der Waals surface area (Å²) in [4.78, 5) is 19.1. The van der Waals surface area contributed by atoms with Gasteiger partial charge in [0.05, 0.1) is 10.6 Å². The molecule has 0 bridgehead atoms. The maximum Gasteiger partial charge on any atom is 0.266 e. The Labute approximate surface area is 144 Å². The first-order chi connectivity index (χ1) is 11.0. The number of rotatable bonds is 2. The normalized spacial score (nSPS) is 18.2. The maximum atomic E-state index is 12.4. The van der Waals surface area contributed by atoms with Crippen LogP contribution < -0.4 is 0 Å². The van der Waals surface area contributed by atoms with Gasteiger partial charge in [0.25, 0.3) is 5.91 Å². The van der Waals surface area contributed by atoms with Gasteiger partial charge in [-0.05, 0) is 54.6 Å². The molecule has 0 unspecified atom stereocenters. The molecule has 23 heavy (non-hydrogen) atoms. The van der Waals surface area contributed by atoms with E-state index in [2.05, 4.69) is 4.99 Å². The molecule has 5 heteroatoms. The van der Waals surface area contributed by atoms with Crippen LogP contribution in [-0.4, -0.2) is 23.0 Å². The first-order valence-corrected chi connectivity index (χ1v) is 8.31. The van der Waals surface area contributed by atoms with Crippen molar-refractivity contribution in [2.45, 2.75) is 6.92 Å². The van der Waals surface area contributed by atoms with Crippen molar-refractivity contribution in [2.75, 3.05) is 7.05 Å². The predicted octanol–water partition coefficient (Wildman–Crippen LogP) is 4.88. The van der Waals surface area contributed by atoms with Gasteiger partial charge >= 0.3 is 0 Å². The summed E-state index contributed by atoms with van der Waals surface area (Å²) in [5.41, 5.74) is 2.97. The smallest absolute Gasteiger partial charge is 0.266 e. The average molecular weight is 343 g/mol. The third kappa shape index (κ3) is 3.66. The second-order valence-electron chi connectivity index (χ2n) is 5.26. The van der Waals surface area contributed by atoms with Crippen molar-refractivity contribution in [3.63, 3.8) is 0 Å². The minimum absolute atomic E-state index is 0.0386. The molecule has 1 aliphatic rings. The number of amides is 1. The highest BCUT2D eigenvalue weighted by atomic mass is 35.5. The molecule has 2 aromatic rings. The van der Waals surface area contributed by atoms with Gasteiger partial charge < -0.3 is 0 Å². The van der Waals surface area contributed by atoms with Crippen LogP contribution in [0.1, 0.15) is 11.1 Å². The minimum atomic E-state index is -0.0386. The maximum absolute atomic E-state index is 12.4. The van der Waals surface area contributed by atoms with Crippen LogP contribution in [0, 0.1) is 6.92 Å². The molecule has 0 aliphatic carbocycles. The van der Waals surface area contributed by atoms with E-state index in [1.165, 1.54) is 17.3 Å². The Balaban J connectivity index is 1.87. The topological polar surface area (TPSA) is 32.7 Å². The molecule has 3 rings (SSSR count). The number of nitrogens with zero attached hydrogens (tertiary/aromatic N) is 2. The van der Waals surface area contributed by atoms with E-state index in [1.54, 1.807) is 24.1 Å². The molecule has 1 heterocycles. The van der Waals surface area contributed by atoms with Crippen LogP contribution in [0.25, 0.3) is 6.08 Å². The molecule has 1 amide bonds. The van der Waals surface area contributed by atoms with E-state index >= 15 is 0 Å². The van der Waals surface area contributed by atoms with Crippen LogP contribution in [0.4, 0.5) is 5.69 Å². The Kier molecular flexibility index (Phi) is 4.55. The molecule has 0 saturated carbocycles. The number of amidine groups is 1. The van der Waals surface area contributed by atoms with Crippen molar-refractivity contribution in [1.82, 2.24) is 4.90 Å². The van der Waals surface area contributed by atoms with Crippen molar-refractivity contribution in [3.05, 3.63) is 69.6 Å². The molecule has 0 spiro atoms. The zero-order chi connectivity index (χ0) is 16.4. The quantitative estimate of drug-likeness (QED) is 0.728. The molecule has 1 fully saturated rings. The van der Waals surface area contributed by atoms with Crippen molar-refractivity contribution < 1.29 is 4.79 Å². The third-order valence-electron chi connectivity index (χ3n) is 3.43. The highest BCUT2D eigenvalue weighted by molar-refractivity contribution is 8.18. The molecule has 0 atom stereocenters. The number of likely N-dealkylation sites (N-methyl/N-ethyl adjacent to an activating group) is 1. The number of hydrogen-bond acceptors (Lipinski definition) is 3. The predicted molar refractivity (Wildman–Crippen MR) is 98.1 cm³/mol. The number of carbonyl (C=O) groups is 1. The molecule has 116 valence electrons. The van der Waals surface area contributed by atoms with Gasteiger partial charge in [0, 0.05) is 12.1 Å².